The lowest BCUT2D eigenvalue weighted by atomic mass is 9.93. The number of benzene rings is 2. The number of pyridine rings is 1. The van der Waals surface area contributed by atoms with Crippen LogP contribution in [0.5, 0.6) is 0 Å². The molecule has 2 aromatic carbocycles. The van der Waals surface area contributed by atoms with E-state index in [9.17, 15) is 4.79 Å². The van der Waals surface area contributed by atoms with Crippen molar-refractivity contribution in [3.63, 3.8) is 0 Å². The van der Waals surface area contributed by atoms with Gasteiger partial charge in [-0.25, -0.2) is 4.98 Å². The highest BCUT2D eigenvalue weighted by atomic mass is 35.5. The van der Waals surface area contributed by atoms with Crippen LogP contribution >= 0.6 is 11.6 Å². The number of amides is 1. The van der Waals surface area contributed by atoms with Crippen LogP contribution in [0.25, 0.3) is 10.9 Å². The van der Waals surface area contributed by atoms with Crippen molar-refractivity contribution in [1.29, 1.82) is 0 Å². The molecule has 4 rings (SSSR count). The van der Waals surface area contributed by atoms with E-state index in [-0.39, 0.29) is 11.9 Å². The minimum absolute atomic E-state index is 0.0819. The van der Waals surface area contributed by atoms with Crippen molar-refractivity contribution >= 4 is 28.4 Å². The standard InChI is InChI=1S/C26H29ClN2O/c1-17-9-11-20(12-10-17)26(30)29(23-7-5-4-6-8-23)16-22-15-21-14-18(2)13-19(3)24(21)28-25(22)27/h9-15,23H,4-8,16H2,1-3H3. The van der Waals surface area contributed by atoms with Gasteiger partial charge < -0.3 is 4.90 Å². The molecule has 30 heavy (non-hydrogen) atoms. The van der Waals surface area contributed by atoms with Gasteiger partial charge in [0.05, 0.1) is 5.52 Å². The Balaban J connectivity index is 1.71. The lowest BCUT2D eigenvalue weighted by Gasteiger charge is -2.35. The summed E-state index contributed by atoms with van der Waals surface area (Å²) in [5.74, 6) is 0.0819. The second-order valence-corrected chi connectivity index (χ2v) is 9.04. The van der Waals surface area contributed by atoms with Gasteiger partial charge in [-0.3, -0.25) is 4.79 Å². The Bertz CT molecular complexity index is 1070. The van der Waals surface area contributed by atoms with Gasteiger partial charge in [0, 0.05) is 29.1 Å². The van der Waals surface area contributed by atoms with Gasteiger partial charge in [0.15, 0.2) is 0 Å². The van der Waals surface area contributed by atoms with Gasteiger partial charge in [0.25, 0.3) is 5.91 Å². The van der Waals surface area contributed by atoms with E-state index in [2.05, 4.69) is 37.0 Å². The average molecular weight is 421 g/mol. The molecule has 0 aliphatic heterocycles. The van der Waals surface area contributed by atoms with E-state index in [4.69, 9.17) is 11.6 Å². The van der Waals surface area contributed by atoms with Gasteiger partial charge in [0.1, 0.15) is 5.15 Å². The van der Waals surface area contributed by atoms with Crippen LogP contribution in [0.15, 0.2) is 42.5 Å². The Labute approximate surface area is 184 Å². The number of nitrogens with zero attached hydrogens (tertiary/aromatic N) is 2. The fourth-order valence-corrected chi connectivity index (χ4v) is 4.79. The maximum Gasteiger partial charge on any atom is 0.254 e. The summed E-state index contributed by atoms with van der Waals surface area (Å²) in [6, 6.07) is 14.5. The molecule has 0 saturated heterocycles. The highest BCUT2D eigenvalue weighted by Crippen LogP contribution is 2.29. The van der Waals surface area contributed by atoms with E-state index in [1.54, 1.807) is 0 Å². The molecule has 1 fully saturated rings. The van der Waals surface area contributed by atoms with Gasteiger partial charge in [0.2, 0.25) is 0 Å². The first-order valence-corrected chi connectivity index (χ1v) is 11.2. The Kier molecular flexibility index (Phi) is 6.10. The van der Waals surface area contributed by atoms with Gasteiger partial charge in [-0.2, -0.15) is 0 Å². The Morgan fingerprint density at radius 1 is 1.00 bits per heavy atom. The maximum absolute atomic E-state index is 13.5. The lowest BCUT2D eigenvalue weighted by molar-refractivity contribution is 0.0614. The Hall–Kier alpha value is -2.39. The molecule has 1 amide bonds. The summed E-state index contributed by atoms with van der Waals surface area (Å²) in [5.41, 5.74) is 6.07. The van der Waals surface area contributed by atoms with Crippen LogP contribution in [-0.4, -0.2) is 21.8 Å². The first-order valence-electron chi connectivity index (χ1n) is 10.9. The highest BCUT2D eigenvalue weighted by Gasteiger charge is 2.27. The summed E-state index contributed by atoms with van der Waals surface area (Å²) in [7, 11) is 0. The third-order valence-electron chi connectivity index (χ3n) is 6.19. The normalized spacial score (nSPS) is 14.8. The van der Waals surface area contributed by atoms with Crippen LogP contribution in [0.2, 0.25) is 5.15 Å². The summed E-state index contributed by atoms with van der Waals surface area (Å²) in [4.78, 5) is 20.2. The van der Waals surface area contributed by atoms with Gasteiger partial charge in [-0.1, -0.05) is 60.2 Å². The largest absolute Gasteiger partial charge is 0.331 e. The Morgan fingerprint density at radius 3 is 2.40 bits per heavy atom. The quantitative estimate of drug-likeness (QED) is 0.435. The molecule has 0 spiro atoms. The zero-order chi connectivity index (χ0) is 21.3. The molecule has 1 heterocycles. The van der Waals surface area contributed by atoms with E-state index < -0.39 is 0 Å². The maximum atomic E-state index is 13.5. The second kappa shape index (κ2) is 8.77. The molecular formula is C26H29ClN2O. The minimum atomic E-state index is 0.0819. The average Bonchev–Trinajstić information content (AvgIpc) is 2.73. The molecule has 0 bridgehead atoms. The SMILES string of the molecule is Cc1ccc(C(=O)N(Cc2cc3cc(C)cc(C)c3nc2Cl)C2CCCCC2)cc1. The van der Waals surface area contributed by atoms with Gasteiger partial charge in [-0.05, 0) is 63.4 Å². The predicted octanol–water partition coefficient (Wildman–Crippen LogP) is 6.79. The van der Waals surface area contributed by atoms with Crippen molar-refractivity contribution in [1.82, 2.24) is 9.88 Å². The van der Waals surface area contributed by atoms with Crippen LogP contribution in [0.4, 0.5) is 0 Å². The number of carbonyl (C=O) groups excluding carboxylic acids is 1. The first kappa shape index (κ1) is 20.9. The molecule has 3 aromatic rings. The first-order chi connectivity index (χ1) is 14.4. The summed E-state index contributed by atoms with van der Waals surface area (Å²) < 4.78 is 0. The van der Waals surface area contributed by atoms with Gasteiger partial charge in [-0.15, -0.1) is 0 Å². The van der Waals surface area contributed by atoms with E-state index in [0.29, 0.717) is 11.7 Å². The molecule has 1 aromatic heterocycles. The third kappa shape index (κ3) is 4.37. The van der Waals surface area contributed by atoms with Crippen molar-refractivity contribution in [2.75, 3.05) is 0 Å². The number of hydrogen-bond donors (Lipinski definition) is 0. The number of halogens is 1. The molecule has 4 heteroatoms. The molecule has 3 nitrogen and oxygen atoms in total. The molecule has 0 unspecified atom stereocenters. The van der Waals surface area contributed by atoms with Crippen molar-refractivity contribution in [2.45, 2.75) is 65.5 Å². The molecule has 1 aliphatic carbocycles. The fraction of sp³-hybridized carbons (Fsp3) is 0.385. The smallest absolute Gasteiger partial charge is 0.254 e. The van der Waals surface area contributed by atoms with Crippen molar-refractivity contribution < 1.29 is 4.79 Å². The van der Waals surface area contributed by atoms with Crippen LogP contribution < -0.4 is 0 Å². The summed E-state index contributed by atoms with van der Waals surface area (Å²) in [6.07, 6.45) is 5.69. The molecule has 156 valence electrons. The van der Waals surface area contributed by atoms with E-state index >= 15 is 0 Å². The zero-order valence-corrected chi connectivity index (χ0v) is 18.8. The predicted molar refractivity (Wildman–Crippen MR) is 124 cm³/mol. The number of aryl methyl sites for hydroxylation is 3. The zero-order valence-electron chi connectivity index (χ0n) is 18.0. The van der Waals surface area contributed by atoms with Crippen molar-refractivity contribution in [2.24, 2.45) is 0 Å². The topological polar surface area (TPSA) is 33.2 Å². The summed E-state index contributed by atoms with van der Waals surface area (Å²) >= 11 is 6.62. The van der Waals surface area contributed by atoms with Crippen molar-refractivity contribution in [3.05, 3.63) is 75.4 Å². The third-order valence-corrected chi connectivity index (χ3v) is 6.52. The van der Waals surface area contributed by atoms with Gasteiger partial charge >= 0.3 is 0 Å². The van der Waals surface area contributed by atoms with E-state index in [0.717, 1.165) is 46.0 Å². The van der Waals surface area contributed by atoms with Crippen LogP contribution in [-0.2, 0) is 6.54 Å². The van der Waals surface area contributed by atoms with Crippen LogP contribution in [0, 0.1) is 20.8 Å². The van der Waals surface area contributed by atoms with E-state index in [1.807, 2.05) is 36.1 Å². The second-order valence-electron chi connectivity index (χ2n) is 8.68. The number of hydrogen-bond acceptors (Lipinski definition) is 2. The number of fused-ring (bicyclic) bond motifs is 1. The highest BCUT2D eigenvalue weighted by molar-refractivity contribution is 6.30. The van der Waals surface area contributed by atoms with Crippen LogP contribution in [0.1, 0.15) is 64.7 Å². The summed E-state index contributed by atoms with van der Waals surface area (Å²) in [5, 5.41) is 1.57. The van der Waals surface area contributed by atoms with Crippen LogP contribution in [0.3, 0.4) is 0 Å². The van der Waals surface area contributed by atoms with E-state index in [1.165, 1.54) is 24.8 Å². The Morgan fingerprint density at radius 2 is 1.70 bits per heavy atom. The molecule has 1 saturated carbocycles. The number of aromatic nitrogens is 1. The number of rotatable bonds is 4. The lowest BCUT2D eigenvalue weighted by Crippen LogP contribution is -2.41. The fourth-order valence-electron chi connectivity index (χ4n) is 4.59. The molecule has 1 aliphatic rings. The van der Waals surface area contributed by atoms with Crippen molar-refractivity contribution in [3.8, 4) is 0 Å². The monoisotopic (exact) mass is 420 g/mol. The molecule has 0 atom stereocenters. The molecule has 0 radical (unpaired) electrons. The minimum Gasteiger partial charge on any atom is -0.331 e. The summed E-state index contributed by atoms with van der Waals surface area (Å²) in [6.45, 7) is 6.69. The molecular weight excluding hydrogens is 392 g/mol. The molecule has 0 N–H and O–H groups in total. The number of carbonyl (C=O) groups is 1.